The van der Waals surface area contributed by atoms with Gasteiger partial charge in [-0.1, -0.05) is 17.7 Å². The number of hydrogen-bond acceptors (Lipinski definition) is 4. The van der Waals surface area contributed by atoms with Crippen molar-refractivity contribution in [1.82, 2.24) is 4.57 Å². The zero-order chi connectivity index (χ0) is 20.3. The number of methoxy groups -OCH3 is 1. The smallest absolute Gasteiger partial charge is 0.340 e. The van der Waals surface area contributed by atoms with Crippen LogP contribution in [0, 0.1) is 12.7 Å². The molecule has 2 aromatic carbocycles. The summed E-state index contributed by atoms with van der Waals surface area (Å²) in [6.45, 7) is 2.34. The number of rotatable bonds is 7. The molecule has 5 nitrogen and oxygen atoms in total. The average molecular weight is 406 g/mol. The second kappa shape index (κ2) is 8.63. The molecule has 3 rings (SSSR count). The van der Waals surface area contributed by atoms with Crippen molar-refractivity contribution in [3.05, 3.63) is 64.1 Å². The molecule has 0 saturated carbocycles. The van der Waals surface area contributed by atoms with Crippen LogP contribution in [0.25, 0.3) is 10.9 Å². The number of carbonyl (C=O) groups is 1. The van der Waals surface area contributed by atoms with Gasteiger partial charge in [0.15, 0.2) is 0 Å². The summed E-state index contributed by atoms with van der Waals surface area (Å²) in [4.78, 5) is 12.5. The first-order valence-corrected chi connectivity index (χ1v) is 9.12. The van der Waals surface area contributed by atoms with Crippen molar-refractivity contribution in [2.24, 2.45) is 7.05 Å². The van der Waals surface area contributed by atoms with Crippen molar-refractivity contribution in [3.63, 3.8) is 0 Å². The lowest BCUT2D eigenvalue weighted by Gasteiger charge is -2.09. The van der Waals surface area contributed by atoms with Crippen LogP contribution in [0.4, 0.5) is 4.39 Å². The highest BCUT2D eigenvalue weighted by Crippen LogP contribution is 2.30. The highest BCUT2D eigenvalue weighted by Gasteiger charge is 2.20. The van der Waals surface area contributed by atoms with Gasteiger partial charge in [-0.15, -0.1) is 0 Å². The Labute approximate surface area is 167 Å². The summed E-state index contributed by atoms with van der Waals surface area (Å²) in [7, 11) is 3.42. The van der Waals surface area contributed by atoms with Crippen molar-refractivity contribution in [3.8, 4) is 5.75 Å². The van der Waals surface area contributed by atoms with E-state index in [0.717, 1.165) is 11.2 Å². The summed E-state index contributed by atoms with van der Waals surface area (Å²) >= 11 is 6.05. The fourth-order valence-electron chi connectivity index (χ4n) is 3.01. The van der Waals surface area contributed by atoms with Crippen LogP contribution in [0.3, 0.4) is 0 Å². The highest BCUT2D eigenvalue weighted by atomic mass is 35.5. The van der Waals surface area contributed by atoms with Crippen molar-refractivity contribution in [1.29, 1.82) is 0 Å². The van der Waals surface area contributed by atoms with E-state index in [1.807, 2.05) is 24.6 Å². The Morgan fingerprint density at radius 3 is 2.71 bits per heavy atom. The van der Waals surface area contributed by atoms with Gasteiger partial charge in [0.05, 0.1) is 17.2 Å². The molecule has 3 aromatic rings. The Morgan fingerprint density at radius 1 is 1.21 bits per heavy atom. The number of carbonyl (C=O) groups excluding carboxylic acids is 1. The van der Waals surface area contributed by atoms with Crippen LogP contribution < -0.4 is 4.74 Å². The topological polar surface area (TPSA) is 49.7 Å². The molecule has 0 N–H and O–H groups in total. The Kier molecular flexibility index (Phi) is 6.21. The number of ether oxygens (including phenoxy) is 3. The van der Waals surface area contributed by atoms with Crippen LogP contribution >= 0.6 is 11.6 Å². The molecule has 0 aliphatic rings. The normalized spacial score (nSPS) is 11.0. The van der Waals surface area contributed by atoms with E-state index in [9.17, 15) is 9.18 Å². The van der Waals surface area contributed by atoms with Gasteiger partial charge in [-0.2, -0.15) is 0 Å². The van der Waals surface area contributed by atoms with Crippen molar-refractivity contribution in [2.75, 3.05) is 20.3 Å². The average Bonchev–Trinajstić information content (AvgIpc) is 2.92. The SMILES string of the molecule is COCCOC(=O)c1c(C)n(C)c2ccc(OCc3c(F)cccc3Cl)cc12. The zero-order valence-corrected chi connectivity index (χ0v) is 16.7. The van der Waals surface area contributed by atoms with Gasteiger partial charge in [-0.25, -0.2) is 9.18 Å². The number of hydrogen-bond donors (Lipinski definition) is 0. The van der Waals surface area contributed by atoms with Gasteiger partial charge >= 0.3 is 5.97 Å². The van der Waals surface area contributed by atoms with Crippen LogP contribution in [0.5, 0.6) is 5.75 Å². The van der Waals surface area contributed by atoms with Crippen LogP contribution in [0.1, 0.15) is 21.6 Å². The van der Waals surface area contributed by atoms with E-state index in [4.69, 9.17) is 25.8 Å². The number of aryl methyl sites for hydroxylation is 1. The van der Waals surface area contributed by atoms with Crippen LogP contribution in [0.2, 0.25) is 5.02 Å². The number of benzene rings is 2. The van der Waals surface area contributed by atoms with Gasteiger partial charge in [-0.05, 0) is 37.3 Å². The summed E-state index contributed by atoms with van der Waals surface area (Å²) in [5, 5.41) is 1.01. The molecule has 0 amide bonds. The molecular weight excluding hydrogens is 385 g/mol. The molecule has 0 fully saturated rings. The first-order valence-electron chi connectivity index (χ1n) is 8.74. The predicted molar refractivity (Wildman–Crippen MR) is 106 cm³/mol. The summed E-state index contributed by atoms with van der Waals surface area (Å²) in [5.74, 6) is -0.343. The minimum atomic E-state index is -0.424. The standard InChI is InChI=1S/C21H21ClFNO4/c1-13-20(21(25)27-10-9-26-3)15-11-14(7-8-19(15)24(13)2)28-12-16-17(22)5-4-6-18(16)23/h4-8,11H,9-10,12H2,1-3H3. The molecule has 1 aromatic heterocycles. The molecule has 0 saturated heterocycles. The van der Waals surface area contributed by atoms with Crippen molar-refractivity contribution >= 4 is 28.5 Å². The van der Waals surface area contributed by atoms with E-state index in [1.54, 1.807) is 31.4 Å². The quantitative estimate of drug-likeness (QED) is 0.423. The minimum Gasteiger partial charge on any atom is -0.489 e. The minimum absolute atomic E-state index is 0.0174. The third-order valence-electron chi connectivity index (χ3n) is 4.63. The van der Waals surface area contributed by atoms with E-state index in [-0.39, 0.29) is 18.8 Å². The summed E-state index contributed by atoms with van der Waals surface area (Å²) in [6, 6.07) is 9.87. The Hall–Kier alpha value is -2.57. The molecule has 28 heavy (non-hydrogen) atoms. The highest BCUT2D eigenvalue weighted by molar-refractivity contribution is 6.31. The van der Waals surface area contributed by atoms with Gasteiger partial charge < -0.3 is 18.8 Å². The largest absolute Gasteiger partial charge is 0.489 e. The third-order valence-corrected chi connectivity index (χ3v) is 4.99. The fourth-order valence-corrected chi connectivity index (χ4v) is 3.23. The number of halogens is 2. The Bertz CT molecular complexity index is 995. The lowest BCUT2D eigenvalue weighted by molar-refractivity contribution is 0.0389. The Balaban J connectivity index is 1.89. The van der Waals surface area contributed by atoms with Gasteiger partial charge in [-0.3, -0.25) is 0 Å². The molecule has 1 heterocycles. The van der Waals surface area contributed by atoms with E-state index < -0.39 is 11.8 Å². The van der Waals surface area contributed by atoms with Crippen LogP contribution in [-0.4, -0.2) is 30.9 Å². The molecule has 148 valence electrons. The summed E-state index contributed by atoms with van der Waals surface area (Å²) in [6.07, 6.45) is 0. The van der Waals surface area contributed by atoms with E-state index in [2.05, 4.69) is 0 Å². The molecule has 0 bridgehead atoms. The lowest BCUT2D eigenvalue weighted by atomic mass is 10.1. The van der Waals surface area contributed by atoms with E-state index in [0.29, 0.717) is 28.3 Å². The van der Waals surface area contributed by atoms with Crippen molar-refractivity contribution < 1.29 is 23.4 Å². The maximum atomic E-state index is 13.9. The molecule has 0 unspecified atom stereocenters. The molecule has 0 spiro atoms. The van der Waals surface area contributed by atoms with E-state index >= 15 is 0 Å². The van der Waals surface area contributed by atoms with Crippen LogP contribution in [0.15, 0.2) is 36.4 Å². The molecule has 0 aliphatic heterocycles. The second-order valence-electron chi connectivity index (χ2n) is 6.32. The molecule has 0 atom stereocenters. The third kappa shape index (κ3) is 3.98. The zero-order valence-electron chi connectivity index (χ0n) is 15.9. The van der Waals surface area contributed by atoms with Crippen molar-refractivity contribution in [2.45, 2.75) is 13.5 Å². The molecule has 0 radical (unpaired) electrons. The second-order valence-corrected chi connectivity index (χ2v) is 6.72. The number of nitrogens with zero attached hydrogens (tertiary/aromatic N) is 1. The van der Waals surface area contributed by atoms with E-state index in [1.165, 1.54) is 6.07 Å². The summed E-state index contributed by atoms with van der Waals surface area (Å²) < 4.78 is 31.8. The molecule has 0 aliphatic carbocycles. The summed E-state index contributed by atoms with van der Waals surface area (Å²) in [5.41, 5.74) is 2.41. The maximum absolute atomic E-state index is 13.9. The van der Waals surface area contributed by atoms with Gasteiger partial charge in [0.2, 0.25) is 0 Å². The van der Waals surface area contributed by atoms with Gasteiger partial charge in [0.25, 0.3) is 0 Å². The predicted octanol–water partition coefficient (Wildman–Crippen LogP) is 4.66. The lowest BCUT2D eigenvalue weighted by Crippen LogP contribution is -2.11. The van der Waals surface area contributed by atoms with Gasteiger partial charge in [0, 0.05) is 36.3 Å². The Morgan fingerprint density at radius 2 is 2.00 bits per heavy atom. The number of esters is 1. The fraction of sp³-hybridized carbons (Fsp3) is 0.286. The maximum Gasteiger partial charge on any atom is 0.340 e. The first kappa shape index (κ1) is 20.2. The van der Waals surface area contributed by atoms with Crippen LogP contribution in [-0.2, 0) is 23.1 Å². The molecular formula is C21H21ClFNO4. The monoisotopic (exact) mass is 405 g/mol. The first-order chi connectivity index (χ1) is 13.4. The number of aromatic nitrogens is 1. The number of fused-ring (bicyclic) bond motifs is 1. The van der Waals surface area contributed by atoms with Gasteiger partial charge in [0.1, 0.15) is 24.8 Å². The molecule has 7 heteroatoms.